The highest BCUT2D eigenvalue weighted by Gasteiger charge is 2.01. The fourth-order valence-electron chi connectivity index (χ4n) is 1.49. The lowest BCUT2D eigenvalue weighted by atomic mass is 10.2. The average Bonchev–Trinajstić information content (AvgIpc) is 2.41. The normalized spacial score (nSPS) is 10.0. The highest BCUT2D eigenvalue weighted by Crippen LogP contribution is 2.11. The van der Waals surface area contributed by atoms with E-state index < -0.39 is 0 Å². The van der Waals surface area contributed by atoms with Crippen LogP contribution in [0, 0.1) is 5.82 Å². The van der Waals surface area contributed by atoms with Crippen molar-refractivity contribution in [2.75, 3.05) is 5.32 Å². The molecule has 0 spiro atoms. The van der Waals surface area contributed by atoms with Gasteiger partial charge in [-0.05, 0) is 42.0 Å². The molecule has 0 aliphatic heterocycles. The lowest BCUT2D eigenvalue weighted by molar-refractivity contribution is 0.251. The van der Waals surface area contributed by atoms with Gasteiger partial charge in [-0.2, -0.15) is 0 Å². The fraction of sp³-hybridized carbons (Fsp3) is 0.0714. The zero-order chi connectivity index (χ0) is 13.7. The third kappa shape index (κ3) is 4.37. The first-order valence-electron chi connectivity index (χ1n) is 5.68. The number of rotatable bonds is 3. The van der Waals surface area contributed by atoms with Crippen LogP contribution in [-0.4, -0.2) is 6.03 Å². The number of hydrogen-bond donors (Lipinski definition) is 2. The molecule has 2 aromatic rings. The van der Waals surface area contributed by atoms with Crippen LogP contribution in [-0.2, 0) is 6.54 Å². The summed E-state index contributed by atoms with van der Waals surface area (Å²) in [6, 6.07) is 12.9. The Balaban J connectivity index is 1.84. The minimum Gasteiger partial charge on any atom is -0.334 e. The molecule has 5 heteroatoms. The SMILES string of the molecule is O=C(NCc1ccc(Br)cc1)Nc1ccc(F)cc1. The molecule has 2 amide bonds. The molecule has 0 aromatic heterocycles. The van der Waals surface area contributed by atoms with Crippen LogP contribution in [0.4, 0.5) is 14.9 Å². The van der Waals surface area contributed by atoms with E-state index in [1.165, 1.54) is 24.3 Å². The number of anilines is 1. The van der Waals surface area contributed by atoms with Gasteiger partial charge >= 0.3 is 6.03 Å². The van der Waals surface area contributed by atoms with Gasteiger partial charge in [0.2, 0.25) is 0 Å². The van der Waals surface area contributed by atoms with Crippen molar-refractivity contribution in [3.8, 4) is 0 Å². The van der Waals surface area contributed by atoms with Gasteiger partial charge in [-0.15, -0.1) is 0 Å². The maximum atomic E-state index is 12.7. The van der Waals surface area contributed by atoms with Crippen LogP contribution in [0.15, 0.2) is 53.0 Å². The van der Waals surface area contributed by atoms with E-state index in [0.717, 1.165) is 10.0 Å². The quantitative estimate of drug-likeness (QED) is 0.883. The highest BCUT2D eigenvalue weighted by atomic mass is 79.9. The summed E-state index contributed by atoms with van der Waals surface area (Å²) in [6.07, 6.45) is 0. The van der Waals surface area contributed by atoms with Crippen molar-refractivity contribution in [3.63, 3.8) is 0 Å². The zero-order valence-electron chi connectivity index (χ0n) is 9.99. The molecule has 0 unspecified atom stereocenters. The number of urea groups is 1. The molecule has 0 atom stereocenters. The molecule has 0 aliphatic rings. The van der Waals surface area contributed by atoms with Gasteiger partial charge in [0.1, 0.15) is 5.82 Å². The van der Waals surface area contributed by atoms with E-state index in [1.807, 2.05) is 24.3 Å². The molecule has 19 heavy (non-hydrogen) atoms. The van der Waals surface area contributed by atoms with Crippen molar-refractivity contribution in [1.82, 2.24) is 5.32 Å². The van der Waals surface area contributed by atoms with E-state index in [0.29, 0.717) is 12.2 Å². The summed E-state index contributed by atoms with van der Waals surface area (Å²) in [5.41, 5.74) is 1.55. The Bertz CT molecular complexity index is 555. The predicted molar refractivity (Wildman–Crippen MR) is 76.4 cm³/mol. The Morgan fingerprint density at radius 1 is 1.05 bits per heavy atom. The number of nitrogens with one attached hydrogen (secondary N) is 2. The molecule has 2 rings (SSSR count). The van der Waals surface area contributed by atoms with Gasteiger partial charge in [-0.3, -0.25) is 0 Å². The maximum absolute atomic E-state index is 12.7. The molecule has 0 aliphatic carbocycles. The van der Waals surface area contributed by atoms with Crippen molar-refractivity contribution in [2.45, 2.75) is 6.54 Å². The Morgan fingerprint density at radius 2 is 1.68 bits per heavy atom. The second kappa shape index (κ2) is 6.33. The molecular formula is C14H12BrFN2O. The number of carbonyl (C=O) groups excluding carboxylic acids is 1. The second-order valence-corrected chi connectivity index (χ2v) is 4.86. The van der Waals surface area contributed by atoms with Crippen LogP contribution in [0.25, 0.3) is 0 Å². The van der Waals surface area contributed by atoms with E-state index in [-0.39, 0.29) is 11.8 Å². The van der Waals surface area contributed by atoms with Crippen LogP contribution in [0.2, 0.25) is 0 Å². The summed E-state index contributed by atoms with van der Waals surface area (Å²) < 4.78 is 13.7. The van der Waals surface area contributed by atoms with Crippen LogP contribution >= 0.6 is 15.9 Å². The summed E-state index contributed by atoms with van der Waals surface area (Å²) in [5.74, 6) is -0.333. The predicted octanol–water partition coefficient (Wildman–Crippen LogP) is 3.91. The van der Waals surface area contributed by atoms with Gasteiger partial charge in [0, 0.05) is 16.7 Å². The number of amides is 2. The van der Waals surface area contributed by atoms with Crippen LogP contribution in [0.3, 0.4) is 0 Å². The minimum absolute atomic E-state index is 0.325. The van der Waals surface area contributed by atoms with Crippen molar-refractivity contribution in [2.24, 2.45) is 0 Å². The van der Waals surface area contributed by atoms with Crippen molar-refractivity contribution >= 4 is 27.6 Å². The number of benzene rings is 2. The smallest absolute Gasteiger partial charge is 0.319 e. The topological polar surface area (TPSA) is 41.1 Å². The number of carbonyl (C=O) groups is 1. The third-order valence-corrected chi connectivity index (χ3v) is 3.00. The highest BCUT2D eigenvalue weighted by molar-refractivity contribution is 9.10. The van der Waals surface area contributed by atoms with E-state index in [1.54, 1.807) is 0 Å². The minimum atomic E-state index is -0.333. The first kappa shape index (κ1) is 13.5. The van der Waals surface area contributed by atoms with E-state index in [9.17, 15) is 9.18 Å². The third-order valence-electron chi connectivity index (χ3n) is 2.47. The molecule has 0 radical (unpaired) electrons. The van der Waals surface area contributed by atoms with Crippen molar-refractivity contribution in [1.29, 1.82) is 0 Å². The molecular weight excluding hydrogens is 311 g/mol. The van der Waals surface area contributed by atoms with E-state index in [2.05, 4.69) is 26.6 Å². The summed E-state index contributed by atoms with van der Waals surface area (Å²) in [4.78, 5) is 11.6. The standard InChI is InChI=1S/C14H12BrFN2O/c15-11-3-1-10(2-4-11)9-17-14(19)18-13-7-5-12(16)6-8-13/h1-8H,9H2,(H2,17,18,19). The first-order chi connectivity index (χ1) is 9.13. The van der Waals surface area contributed by atoms with Gasteiger partial charge in [0.15, 0.2) is 0 Å². The summed E-state index contributed by atoms with van der Waals surface area (Å²) >= 11 is 3.35. The molecule has 0 saturated carbocycles. The Morgan fingerprint density at radius 3 is 2.32 bits per heavy atom. The van der Waals surface area contributed by atoms with Crippen LogP contribution in [0.5, 0.6) is 0 Å². The average molecular weight is 323 g/mol. The monoisotopic (exact) mass is 322 g/mol. The Hall–Kier alpha value is -1.88. The molecule has 2 aromatic carbocycles. The van der Waals surface area contributed by atoms with E-state index in [4.69, 9.17) is 0 Å². The van der Waals surface area contributed by atoms with Crippen LogP contribution < -0.4 is 10.6 Å². The number of halogens is 2. The lowest BCUT2D eigenvalue weighted by Gasteiger charge is -2.07. The number of hydrogen-bond acceptors (Lipinski definition) is 1. The van der Waals surface area contributed by atoms with Gasteiger partial charge < -0.3 is 10.6 Å². The van der Waals surface area contributed by atoms with E-state index >= 15 is 0 Å². The van der Waals surface area contributed by atoms with Crippen molar-refractivity contribution in [3.05, 3.63) is 64.4 Å². The summed E-state index contributed by atoms with van der Waals surface area (Å²) in [6.45, 7) is 0.431. The van der Waals surface area contributed by atoms with Gasteiger partial charge in [-0.25, -0.2) is 9.18 Å². The summed E-state index contributed by atoms with van der Waals surface area (Å²) in [7, 11) is 0. The molecule has 0 saturated heterocycles. The molecule has 0 bridgehead atoms. The Kier molecular flexibility index (Phi) is 4.52. The lowest BCUT2D eigenvalue weighted by Crippen LogP contribution is -2.28. The zero-order valence-corrected chi connectivity index (χ0v) is 11.6. The van der Waals surface area contributed by atoms with Gasteiger partial charge in [0.05, 0.1) is 0 Å². The van der Waals surface area contributed by atoms with Crippen molar-refractivity contribution < 1.29 is 9.18 Å². The molecule has 0 heterocycles. The fourth-order valence-corrected chi connectivity index (χ4v) is 1.76. The first-order valence-corrected chi connectivity index (χ1v) is 6.47. The van der Waals surface area contributed by atoms with Gasteiger partial charge in [0.25, 0.3) is 0 Å². The van der Waals surface area contributed by atoms with Crippen LogP contribution in [0.1, 0.15) is 5.56 Å². The largest absolute Gasteiger partial charge is 0.334 e. The molecule has 0 fully saturated rings. The molecule has 2 N–H and O–H groups in total. The maximum Gasteiger partial charge on any atom is 0.319 e. The molecule has 3 nitrogen and oxygen atoms in total. The Labute approximate surface area is 119 Å². The van der Waals surface area contributed by atoms with Gasteiger partial charge in [-0.1, -0.05) is 28.1 Å². The molecule has 98 valence electrons. The second-order valence-electron chi connectivity index (χ2n) is 3.94. The summed E-state index contributed by atoms with van der Waals surface area (Å²) in [5, 5.41) is 5.35.